The second-order valence-electron chi connectivity index (χ2n) is 7.64. The molecule has 1 fully saturated rings. The molecule has 1 atom stereocenters. The van der Waals surface area contributed by atoms with Crippen LogP contribution in [0.2, 0.25) is 0 Å². The van der Waals surface area contributed by atoms with Crippen molar-refractivity contribution in [3.63, 3.8) is 0 Å². The third kappa shape index (κ3) is 5.09. The summed E-state index contributed by atoms with van der Waals surface area (Å²) in [4.78, 5) is 9.73. The molecule has 1 aromatic heterocycles. The maximum absolute atomic E-state index is 14.6. The van der Waals surface area contributed by atoms with Crippen LogP contribution < -0.4 is 15.8 Å². The summed E-state index contributed by atoms with van der Waals surface area (Å²) in [6.45, 7) is 2.58. The molecule has 2 heterocycles. The number of thioether (sulfide) groups is 1. The second-order valence-corrected chi connectivity index (χ2v) is 8.48. The van der Waals surface area contributed by atoms with E-state index in [0.29, 0.717) is 47.6 Å². The molecule has 2 aromatic carbocycles. The lowest BCUT2D eigenvalue weighted by molar-refractivity contribution is -0.140. The van der Waals surface area contributed by atoms with Crippen molar-refractivity contribution in [3.8, 4) is 5.75 Å². The molecule has 0 amide bonds. The number of hydrogen-bond donors (Lipinski definition) is 2. The molecule has 3 N–H and O–H groups in total. The smallest absolute Gasteiger partial charge is 0.419 e. The number of ether oxygens (including phenoxy) is 2. The molecular formula is C22H22F4N4O2S. The number of hydrogen-bond acceptors (Lipinski definition) is 7. The summed E-state index contributed by atoms with van der Waals surface area (Å²) in [5.74, 6) is 0.0803. The lowest BCUT2D eigenvalue weighted by Gasteiger charge is -2.17. The van der Waals surface area contributed by atoms with Crippen molar-refractivity contribution in [2.45, 2.75) is 37.1 Å². The van der Waals surface area contributed by atoms with Crippen molar-refractivity contribution in [1.82, 2.24) is 9.97 Å². The van der Waals surface area contributed by atoms with Crippen molar-refractivity contribution in [2.24, 2.45) is 0 Å². The van der Waals surface area contributed by atoms with E-state index in [0.717, 1.165) is 11.3 Å². The number of halogens is 4. The van der Waals surface area contributed by atoms with Crippen LogP contribution in [-0.2, 0) is 17.5 Å². The maximum atomic E-state index is 14.6. The number of nitrogens with one attached hydrogen (secondary N) is 1. The van der Waals surface area contributed by atoms with E-state index < -0.39 is 17.6 Å². The third-order valence-electron chi connectivity index (χ3n) is 5.20. The van der Waals surface area contributed by atoms with Gasteiger partial charge in [0, 0.05) is 29.6 Å². The Morgan fingerprint density at radius 2 is 2.03 bits per heavy atom. The zero-order chi connectivity index (χ0) is 23.8. The summed E-state index contributed by atoms with van der Waals surface area (Å²) in [6.07, 6.45) is -2.22. The summed E-state index contributed by atoms with van der Waals surface area (Å²) in [5, 5.41) is 3.55. The van der Waals surface area contributed by atoms with Gasteiger partial charge >= 0.3 is 6.18 Å². The molecule has 11 heteroatoms. The van der Waals surface area contributed by atoms with Crippen LogP contribution in [-0.4, -0.2) is 35.5 Å². The summed E-state index contributed by atoms with van der Waals surface area (Å²) >= 11 is 1.51. The van der Waals surface area contributed by atoms with E-state index in [4.69, 9.17) is 15.2 Å². The van der Waals surface area contributed by atoms with Crippen molar-refractivity contribution < 1.29 is 27.0 Å². The normalized spacial score (nSPS) is 16.4. The van der Waals surface area contributed by atoms with Gasteiger partial charge < -0.3 is 20.5 Å². The van der Waals surface area contributed by atoms with Gasteiger partial charge in [-0.25, -0.2) is 14.4 Å². The Bertz CT molecular complexity index is 1180. The van der Waals surface area contributed by atoms with Crippen LogP contribution in [0.3, 0.4) is 0 Å². The second kappa shape index (κ2) is 9.22. The molecule has 1 saturated heterocycles. The highest BCUT2D eigenvalue weighted by molar-refractivity contribution is 7.98. The van der Waals surface area contributed by atoms with Gasteiger partial charge in [-0.05, 0) is 37.4 Å². The molecule has 0 saturated carbocycles. The van der Waals surface area contributed by atoms with E-state index in [1.54, 1.807) is 13.0 Å². The Morgan fingerprint density at radius 3 is 2.70 bits per heavy atom. The minimum absolute atomic E-state index is 0.0710. The maximum Gasteiger partial charge on any atom is 0.419 e. The van der Waals surface area contributed by atoms with Gasteiger partial charge in [0.2, 0.25) is 0 Å². The van der Waals surface area contributed by atoms with E-state index in [-0.39, 0.29) is 23.9 Å². The number of nitrogens with two attached hydrogens (primary N) is 1. The predicted octanol–water partition coefficient (Wildman–Crippen LogP) is 5.18. The molecule has 0 unspecified atom stereocenters. The molecule has 176 valence electrons. The zero-order valence-corrected chi connectivity index (χ0v) is 18.7. The first-order valence-electron chi connectivity index (χ1n) is 10.2. The minimum atomic E-state index is -4.85. The zero-order valence-electron chi connectivity index (χ0n) is 17.9. The summed E-state index contributed by atoms with van der Waals surface area (Å²) in [5.41, 5.74) is 4.43. The molecule has 33 heavy (non-hydrogen) atoms. The van der Waals surface area contributed by atoms with Gasteiger partial charge in [-0.2, -0.15) is 13.2 Å². The Balaban J connectivity index is 1.70. The van der Waals surface area contributed by atoms with Crippen molar-refractivity contribution in [3.05, 3.63) is 47.0 Å². The monoisotopic (exact) mass is 482 g/mol. The van der Waals surface area contributed by atoms with Crippen LogP contribution in [0.25, 0.3) is 10.9 Å². The number of fused-ring (bicyclic) bond motifs is 1. The Hall–Kier alpha value is -2.79. The number of nitrogens with zero attached hydrogens (tertiary/aromatic N) is 2. The Labute approximate surface area is 191 Å². The van der Waals surface area contributed by atoms with Gasteiger partial charge in [-0.15, -0.1) is 11.8 Å². The van der Waals surface area contributed by atoms with Crippen molar-refractivity contribution in [1.29, 1.82) is 0 Å². The molecule has 0 spiro atoms. The lowest BCUT2D eigenvalue weighted by atomic mass is 10.1. The number of alkyl halides is 3. The first kappa shape index (κ1) is 23.4. The van der Waals surface area contributed by atoms with E-state index >= 15 is 0 Å². The number of benzene rings is 2. The molecule has 0 aliphatic carbocycles. The standard InChI is InChI=1S/C22H22F4N4O2S/c1-11-29-17-8-19(33-2)18(32-14-3-4-31-10-14)7-15(17)21(30-11)28-9-12-5-13(27)6-16(20(12)23)22(24,25)26/h5-8,14H,3-4,9-10,27H2,1-2H3,(H,28,29,30)/t14-/m0/s1. The van der Waals surface area contributed by atoms with Crippen molar-refractivity contribution >= 4 is 34.2 Å². The summed E-state index contributed by atoms with van der Waals surface area (Å²) < 4.78 is 65.5. The van der Waals surface area contributed by atoms with E-state index in [9.17, 15) is 17.6 Å². The van der Waals surface area contributed by atoms with Crippen molar-refractivity contribution in [2.75, 3.05) is 30.5 Å². The minimum Gasteiger partial charge on any atom is -0.487 e. The fourth-order valence-corrected chi connectivity index (χ4v) is 4.19. The molecule has 1 aliphatic rings. The quantitative estimate of drug-likeness (QED) is 0.285. The lowest BCUT2D eigenvalue weighted by Crippen LogP contribution is -2.16. The van der Waals surface area contributed by atoms with Gasteiger partial charge in [0.1, 0.15) is 29.3 Å². The van der Waals surface area contributed by atoms with Crippen LogP contribution in [0.1, 0.15) is 23.4 Å². The predicted molar refractivity (Wildman–Crippen MR) is 119 cm³/mol. The van der Waals surface area contributed by atoms with Crippen LogP contribution in [0, 0.1) is 12.7 Å². The number of nitrogen functional groups attached to an aromatic ring is 1. The first-order chi connectivity index (χ1) is 15.7. The van der Waals surface area contributed by atoms with Crippen LogP contribution in [0.5, 0.6) is 5.75 Å². The van der Waals surface area contributed by atoms with Gasteiger partial charge in [0.05, 0.1) is 29.2 Å². The van der Waals surface area contributed by atoms with Crippen LogP contribution >= 0.6 is 11.8 Å². The SMILES string of the molecule is CSc1cc2nc(C)nc(NCc3cc(N)cc(C(F)(F)F)c3F)c2cc1O[C@H]1CCOC1. The summed E-state index contributed by atoms with van der Waals surface area (Å²) in [7, 11) is 0. The Kier molecular flexibility index (Phi) is 6.53. The van der Waals surface area contributed by atoms with Gasteiger partial charge in [-0.1, -0.05) is 0 Å². The summed E-state index contributed by atoms with van der Waals surface area (Å²) in [6, 6.07) is 5.42. The van der Waals surface area contributed by atoms with Crippen LogP contribution in [0.4, 0.5) is 29.1 Å². The first-order valence-corrected chi connectivity index (χ1v) is 11.4. The highest BCUT2D eigenvalue weighted by Gasteiger charge is 2.35. The fourth-order valence-electron chi connectivity index (χ4n) is 3.65. The largest absolute Gasteiger partial charge is 0.487 e. The molecular weight excluding hydrogens is 460 g/mol. The molecule has 0 bridgehead atoms. The molecule has 4 rings (SSSR count). The van der Waals surface area contributed by atoms with E-state index in [2.05, 4.69) is 15.3 Å². The molecule has 0 radical (unpaired) electrons. The number of aryl methyl sites for hydroxylation is 1. The van der Waals surface area contributed by atoms with Gasteiger partial charge in [0.15, 0.2) is 0 Å². The van der Waals surface area contributed by atoms with E-state index in [1.165, 1.54) is 17.8 Å². The number of rotatable bonds is 6. The number of anilines is 2. The highest BCUT2D eigenvalue weighted by Crippen LogP contribution is 2.37. The third-order valence-corrected chi connectivity index (χ3v) is 5.96. The molecule has 3 aromatic rings. The highest BCUT2D eigenvalue weighted by atomic mass is 32.2. The average Bonchev–Trinajstić information content (AvgIpc) is 3.26. The van der Waals surface area contributed by atoms with Crippen LogP contribution in [0.15, 0.2) is 29.2 Å². The van der Waals surface area contributed by atoms with E-state index in [1.807, 2.05) is 12.3 Å². The molecule has 6 nitrogen and oxygen atoms in total. The average molecular weight is 483 g/mol. The molecule has 1 aliphatic heterocycles. The fraction of sp³-hybridized carbons (Fsp3) is 0.364. The topological polar surface area (TPSA) is 82.3 Å². The number of aromatic nitrogens is 2. The van der Waals surface area contributed by atoms with Gasteiger partial charge in [0.25, 0.3) is 0 Å². The van der Waals surface area contributed by atoms with Gasteiger partial charge in [-0.3, -0.25) is 0 Å². The Morgan fingerprint density at radius 1 is 1.24 bits per heavy atom.